The molecule has 490 valence electrons. The maximum atomic E-state index is 12.2. The van der Waals surface area contributed by atoms with Crippen molar-refractivity contribution in [1.29, 1.82) is 0 Å². The van der Waals surface area contributed by atoms with E-state index in [1.165, 1.54) is 0 Å². The Morgan fingerprint density at radius 2 is 1.00 bits per heavy atom. The molecule has 0 aromatic carbocycles. The fraction of sp³-hybridized carbons (Fsp3) is 1.00. The first-order valence-electron chi connectivity index (χ1n) is 30.4. The van der Waals surface area contributed by atoms with Gasteiger partial charge in [-0.25, -0.2) is 0 Å². The monoisotopic (exact) mass is 1230 g/mol. The molecule has 11 rings (SSSR count). The minimum absolute atomic E-state index is 0.0247. The van der Waals surface area contributed by atoms with Gasteiger partial charge in [0.15, 0.2) is 37.2 Å². The molecule has 7 heterocycles. The summed E-state index contributed by atoms with van der Waals surface area (Å²) < 4.78 is 72.8. The lowest BCUT2D eigenvalue weighted by Gasteiger charge is -2.63. The lowest BCUT2D eigenvalue weighted by Crippen LogP contribution is -2.69. The molecule has 29 heteroatoms. The molecule has 11 aliphatic rings. The molecule has 7 aliphatic heterocycles. The van der Waals surface area contributed by atoms with Gasteiger partial charge in [-0.3, -0.25) is 0 Å². The van der Waals surface area contributed by atoms with E-state index in [1.54, 1.807) is 0 Å². The quantitative estimate of drug-likeness (QED) is 0.0719. The summed E-state index contributed by atoms with van der Waals surface area (Å²) >= 11 is 0. The van der Waals surface area contributed by atoms with Crippen molar-refractivity contribution >= 4 is 0 Å². The van der Waals surface area contributed by atoms with E-state index in [0.29, 0.717) is 30.8 Å². The predicted octanol–water partition coefficient (Wildman–Crippen LogP) is -6.50. The number of ether oxygens (including phenoxy) is 12. The highest BCUT2D eigenvalue weighted by molar-refractivity contribution is 5.17. The van der Waals surface area contributed by atoms with Gasteiger partial charge in [0.05, 0.1) is 64.1 Å². The van der Waals surface area contributed by atoms with Crippen LogP contribution < -0.4 is 0 Å². The molecule has 29 nitrogen and oxygen atoms in total. The lowest BCUT2D eigenvalue weighted by molar-refractivity contribution is -0.410. The standard InChI is InChI=1S/C56H92O29/c1-19-5-8-56(75-17-19)20(2)34-29(85-56)10-23-21-9-25(61)24-11-28(26(62)12-55(24,4)22(21)6-7-54(23,34)3)76-50-43(72)40(69)45(33(16-60)80-50)81-53-48(47(38(67)32(15-59)79-53)83-49-41(70)35(64)27(63)18-74-49)84-52-44(73)46(37(66)31(14-58)78-52)82-51-42(71)39(68)36(65)30(13-57)77-51/h19-53,57-73H,5-18H2,1-4H3/t19-,20+,21-,22+,23+,24-,25-,26-,27-,28-,29+,30-,31-,32-,33-,34+,35+,36-,37+,38-,39+,40-,41-,42-,43-,44-,45+,46+,47+,48-,49+,50-,51+,52+,53+,54+,55-,56-/m1/s1. The highest BCUT2D eigenvalue weighted by Crippen LogP contribution is 2.71. The summed E-state index contributed by atoms with van der Waals surface area (Å²) in [5.74, 6) is 0.754. The largest absolute Gasteiger partial charge is 0.394 e. The second-order valence-electron chi connectivity index (χ2n) is 27.0. The van der Waals surface area contributed by atoms with Crippen molar-refractivity contribution in [1.82, 2.24) is 0 Å². The van der Waals surface area contributed by atoms with Crippen LogP contribution in [0.5, 0.6) is 0 Å². The van der Waals surface area contributed by atoms with Gasteiger partial charge in [-0.15, -0.1) is 0 Å². The number of hydrogen-bond acceptors (Lipinski definition) is 29. The van der Waals surface area contributed by atoms with E-state index in [4.69, 9.17) is 56.8 Å². The van der Waals surface area contributed by atoms with E-state index in [2.05, 4.69) is 27.7 Å². The Labute approximate surface area is 491 Å². The number of aliphatic hydroxyl groups excluding tert-OH is 17. The summed E-state index contributed by atoms with van der Waals surface area (Å²) in [6, 6.07) is 0. The Morgan fingerprint density at radius 1 is 0.435 bits per heavy atom. The molecular formula is C56H92O29. The molecule has 0 radical (unpaired) electrons. The minimum Gasteiger partial charge on any atom is -0.394 e. The molecule has 0 amide bonds. The van der Waals surface area contributed by atoms with Crippen molar-refractivity contribution in [2.45, 2.75) is 257 Å². The predicted molar refractivity (Wildman–Crippen MR) is 278 cm³/mol. The van der Waals surface area contributed by atoms with Gasteiger partial charge < -0.3 is 144 Å². The van der Waals surface area contributed by atoms with Crippen molar-refractivity contribution in [3.8, 4) is 0 Å². The van der Waals surface area contributed by atoms with Crippen LogP contribution >= 0.6 is 0 Å². The van der Waals surface area contributed by atoms with E-state index < -0.39 is 210 Å². The summed E-state index contributed by atoms with van der Waals surface area (Å²) in [4.78, 5) is 0. The molecule has 0 aromatic heterocycles. The van der Waals surface area contributed by atoms with Gasteiger partial charge in [0.25, 0.3) is 0 Å². The maximum Gasteiger partial charge on any atom is 0.187 e. The number of aliphatic hydroxyl groups is 17. The SMILES string of the molecule is C[C@@H]1CC[C@@]2(OC1)O[C@H]1C[C@H]3[C@@H]4C[C@@H](O)[C@H]5C[C@@H](O[C@@H]6O[C@H](CO)[C@H](O[C@@H]7O[C@H](CO)[C@@H](O)[C@H](O[C@@H]8OC[C@@H](O)[C@H](O)[C@H]8O)[C@H]7O[C@@H]7O[C@H](CO)[C@H](O)[C@H](O[C@@H]8O[C@H](CO)[C@@H](O)[C@H](O)[C@H]8O)[C@H]7O)[C@H](O)[C@H]6O)[C@H](O)C[C@]5(C)[C@H]4CC[C@]3(C)[C@H]1[C@@H]2C. The summed E-state index contributed by atoms with van der Waals surface area (Å²) in [6.45, 7) is 5.31. The van der Waals surface area contributed by atoms with E-state index in [-0.39, 0.29) is 48.0 Å². The molecule has 11 fully saturated rings. The average Bonchev–Trinajstić information content (AvgIpc) is 1.69. The van der Waals surface area contributed by atoms with E-state index in [0.717, 1.165) is 32.1 Å². The molecule has 17 N–H and O–H groups in total. The zero-order valence-corrected chi connectivity index (χ0v) is 48.1. The normalized spacial score (nSPS) is 58.1. The highest BCUT2D eigenvalue weighted by atomic mass is 16.8. The second kappa shape index (κ2) is 25.4. The van der Waals surface area contributed by atoms with Gasteiger partial charge in [-0.2, -0.15) is 0 Å². The van der Waals surface area contributed by atoms with E-state index >= 15 is 0 Å². The van der Waals surface area contributed by atoms with Crippen molar-refractivity contribution < 1.29 is 144 Å². The summed E-state index contributed by atoms with van der Waals surface area (Å²) in [5, 5.41) is 188. The molecular weight excluding hydrogens is 1140 g/mol. The Morgan fingerprint density at radius 3 is 1.66 bits per heavy atom. The highest BCUT2D eigenvalue weighted by Gasteiger charge is 2.71. The molecule has 0 unspecified atom stereocenters. The van der Waals surface area contributed by atoms with Crippen LogP contribution in [0.25, 0.3) is 0 Å². The van der Waals surface area contributed by atoms with Crippen LogP contribution in [0.3, 0.4) is 0 Å². The summed E-state index contributed by atoms with van der Waals surface area (Å²) in [6.07, 6.45) is -42.9. The van der Waals surface area contributed by atoms with Crippen LogP contribution in [0.2, 0.25) is 0 Å². The second-order valence-corrected chi connectivity index (χ2v) is 27.0. The third-order valence-electron chi connectivity index (χ3n) is 22.2. The van der Waals surface area contributed by atoms with Crippen molar-refractivity contribution in [2.75, 3.05) is 39.6 Å². The van der Waals surface area contributed by atoms with Crippen LogP contribution in [0.1, 0.15) is 79.1 Å². The van der Waals surface area contributed by atoms with Crippen LogP contribution in [-0.2, 0) is 56.8 Å². The fourth-order valence-electron chi connectivity index (χ4n) is 17.5. The Balaban J connectivity index is 0.800. The van der Waals surface area contributed by atoms with Crippen molar-refractivity contribution in [2.24, 2.45) is 52.3 Å². The van der Waals surface area contributed by atoms with Gasteiger partial charge in [0.2, 0.25) is 0 Å². The minimum atomic E-state index is -2.22. The van der Waals surface area contributed by atoms with Gasteiger partial charge in [-0.1, -0.05) is 27.7 Å². The smallest absolute Gasteiger partial charge is 0.187 e. The Bertz CT molecular complexity index is 2220. The van der Waals surface area contributed by atoms with Gasteiger partial charge in [0.1, 0.15) is 116 Å². The third kappa shape index (κ3) is 11.4. The van der Waals surface area contributed by atoms with Gasteiger partial charge >= 0.3 is 0 Å². The maximum absolute atomic E-state index is 12.2. The first-order chi connectivity index (χ1) is 40.3. The Hall–Kier alpha value is -1.16. The molecule has 0 bridgehead atoms. The van der Waals surface area contributed by atoms with Crippen LogP contribution in [0.4, 0.5) is 0 Å². The van der Waals surface area contributed by atoms with Crippen molar-refractivity contribution in [3.05, 3.63) is 0 Å². The van der Waals surface area contributed by atoms with Crippen LogP contribution in [0, 0.1) is 52.3 Å². The first kappa shape index (κ1) is 65.3. The molecule has 4 aliphatic carbocycles. The van der Waals surface area contributed by atoms with Gasteiger partial charge in [-0.05, 0) is 91.3 Å². The number of hydrogen-bond donors (Lipinski definition) is 17. The lowest BCUT2D eigenvalue weighted by atomic mass is 9.43. The molecule has 4 saturated carbocycles. The average molecular weight is 1230 g/mol. The van der Waals surface area contributed by atoms with Gasteiger partial charge in [0, 0.05) is 12.3 Å². The molecule has 7 saturated heterocycles. The fourth-order valence-corrected chi connectivity index (χ4v) is 17.5. The summed E-state index contributed by atoms with van der Waals surface area (Å²) in [7, 11) is 0. The molecule has 38 atom stereocenters. The van der Waals surface area contributed by atoms with Crippen LogP contribution in [0.15, 0.2) is 0 Å². The Kier molecular flexibility index (Phi) is 19.5. The third-order valence-corrected chi connectivity index (χ3v) is 22.2. The van der Waals surface area contributed by atoms with E-state index in [9.17, 15) is 86.8 Å². The van der Waals surface area contributed by atoms with Crippen molar-refractivity contribution in [3.63, 3.8) is 0 Å². The van der Waals surface area contributed by atoms with E-state index in [1.807, 2.05) is 0 Å². The first-order valence-corrected chi connectivity index (χ1v) is 30.4. The number of fused-ring (bicyclic) bond motifs is 7. The van der Waals surface area contributed by atoms with Crippen LogP contribution in [-0.4, -0.2) is 304 Å². The topological polar surface area (TPSA) is 455 Å². The zero-order chi connectivity index (χ0) is 61.1. The molecule has 1 spiro atoms. The number of rotatable bonds is 14. The molecule has 0 aromatic rings. The molecule has 85 heavy (non-hydrogen) atoms. The summed E-state index contributed by atoms with van der Waals surface area (Å²) in [5.41, 5.74) is -0.531. The zero-order valence-electron chi connectivity index (χ0n) is 48.1.